The molecule has 2 unspecified atom stereocenters. The monoisotopic (exact) mass is 274 g/mol. The van der Waals surface area contributed by atoms with Gasteiger partial charge in [0.1, 0.15) is 0 Å². The van der Waals surface area contributed by atoms with Crippen LogP contribution in [0.4, 0.5) is 4.79 Å². The van der Waals surface area contributed by atoms with Crippen molar-refractivity contribution < 1.29 is 14.6 Å². The van der Waals surface area contributed by atoms with Gasteiger partial charge in [0.2, 0.25) is 0 Å². The average Bonchev–Trinajstić information content (AvgIpc) is 2.78. The van der Waals surface area contributed by atoms with E-state index >= 15 is 0 Å². The molecular formula is C15H18N2O3. The van der Waals surface area contributed by atoms with Crippen LogP contribution in [0.25, 0.3) is 10.9 Å². The van der Waals surface area contributed by atoms with E-state index in [0.717, 1.165) is 23.7 Å². The van der Waals surface area contributed by atoms with Crippen LogP contribution in [0.5, 0.6) is 0 Å². The van der Waals surface area contributed by atoms with Gasteiger partial charge in [-0.15, -0.1) is 0 Å². The summed E-state index contributed by atoms with van der Waals surface area (Å²) in [6, 6.07) is 8.22. The summed E-state index contributed by atoms with van der Waals surface area (Å²) in [5, 5.41) is 13.2. The molecular weight excluding hydrogens is 256 g/mol. The predicted octanol–water partition coefficient (Wildman–Crippen LogP) is 3.18. The number of aromatic amines is 1. The number of hydrogen-bond donors (Lipinski definition) is 3. The first kappa shape index (κ1) is 13.0. The third-order valence-electron chi connectivity index (χ3n) is 3.79. The molecule has 20 heavy (non-hydrogen) atoms. The summed E-state index contributed by atoms with van der Waals surface area (Å²) in [6.07, 6.45) is 0.814. The number of benzene rings is 1. The summed E-state index contributed by atoms with van der Waals surface area (Å²) in [6.45, 7) is 2.12. The van der Waals surface area contributed by atoms with Crippen LogP contribution in [0.3, 0.4) is 0 Å². The maximum Gasteiger partial charge on any atom is 0.507 e. The highest BCUT2D eigenvalue weighted by atomic mass is 16.7. The Morgan fingerprint density at radius 1 is 1.45 bits per heavy atom. The van der Waals surface area contributed by atoms with Gasteiger partial charge in [0.15, 0.2) is 6.23 Å². The van der Waals surface area contributed by atoms with E-state index in [2.05, 4.69) is 23.3 Å². The Balaban J connectivity index is 2.02. The van der Waals surface area contributed by atoms with Crippen molar-refractivity contribution in [3.8, 4) is 0 Å². The van der Waals surface area contributed by atoms with Crippen molar-refractivity contribution in [2.75, 3.05) is 0 Å². The summed E-state index contributed by atoms with van der Waals surface area (Å²) in [4.78, 5) is 14.2. The van der Waals surface area contributed by atoms with Crippen LogP contribution in [0, 0.1) is 0 Å². The highest BCUT2D eigenvalue weighted by molar-refractivity contribution is 5.85. The smallest absolute Gasteiger partial charge is 0.450 e. The fourth-order valence-corrected chi connectivity index (χ4v) is 3.00. The molecule has 2 aromatic rings. The highest BCUT2D eigenvalue weighted by Crippen LogP contribution is 2.33. The van der Waals surface area contributed by atoms with Crippen molar-refractivity contribution in [2.24, 2.45) is 0 Å². The molecule has 5 heteroatoms. The van der Waals surface area contributed by atoms with Gasteiger partial charge >= 0.3 is 6.16 Å². The summed E-state index contributed by atoms with van der Waals surface area (Å²) >= 11 is 0. The summed E-state index contributed by atoms with van der Waals surface area (Å²) in [5.74, 6) is 0. The number of para-hydroxylation sites is 1. The number of aromatic nitrogens is 1. The molecule has 0 aliphatic carbocycles. The molecule has 1 aliphatic heterocycles. The zero-order valence-corrected chi connectivity index (χ0v) is 11.3. The number of carboxylic acid groups (broad SMARTS) is 1. The summed E-state index contributed by atoms with van der Waals surface area (Å²) in [7, 11) is 0. The van der Waals surface area contributed by atoms with E-state index in [4.69, 9.17) is 9.84 Å². The zero-order valence-electron chi connectivity index (χ0n) is 11.3. The Kier molecular flexibility index (Phi) is 3.36. The normalized spacial score (nSPS) is 21.6. The molecule has 1 aliphatic rings. The van der Waals surface area contributed by atoms with Gasteiger partial charge in [-0.25, -0.2) is 4.79 Å². The Hall–Kier alpha value is -2.01. The van der Waals surface area contributed by atoms with Crippen LogP contribution in [-0.4, -0.2) is 22.5 Å². The molecule has 0 spiro atoms. The Bertz CT molecular complexity index is 635. The van der Waals surface area contributed by atoms with Crippen LogP contribution in [-0.2, 0) is 11.2 Å². The van der Waals surface area contributed by atoms with Gasteiger partial charge in [-0.3, -0.25) is 5.32 Å². The standard InChI is InChI=1S/C15H18N2O3/c1-2-5-12-14-10(8-13(16-12)20-15(18)19)9-6-3-4-7-11(9)17-14/h3-4,6-7,12-13,16-17H,2,5,8H2,1H3,(H,18,19). The minimum absolute atomic E-state index is 0.112. The van der Waals surface area contributed by atoms with Crippen molar-refractivity contribution in [1.82, 2.24) is 10.3 Å². The molecule has 0 amide bonds. The largest absolute Gasteiger partial charge is 0.507 e. The lowest BCUT2D eigenvalue weighted by Crippen LogP contribution is -2.42. The first-order valence-corrected chi connectivity index (χ1v) is 6.94. The molecule has 0 saturated heterocycles. The number of hydrogen-bond acceptors (Lipinski definition) is 3. The number of rotatable bonds is 3. The van der Waals surface area contributed by atoms with E-state index in [0.29, 0.717) is 6.42 Å². The first-order valence-electron chi connectivity index (χ1n) is 6.94. The second-order valence-electron chi connectivity index (χ2n) is 5.15. The molecule has 106 valence electrons. The van der Waals surface area contributed by atoms with Gasteiger partial charge < -0.3 is 14.8 Å². The third kappa shape index (κ3) is 2.25. The quantitative estimate of drug-likeness (QED) is 0.751. The molecule has 0 radical (unpaired) electrons. The number of carbonyl (C=O) groups is 1. The van der Waals surface area contributed by atoms with Crippen LogP contribution in [0.2, 0.25) is 0 Å². The van der Waals surface area contributed by atoms with Crippen molar-refractivity contribution >= 4 is 17.1 Å². The van der Waals surface area contributed by atoms with Gasteiger partial charge in [-0.05, 0) is 18.1 Å². The second kappa shape index (κ2) is 5.17. The molecule has 1 aromatic heterocycles. The van der Waals surface area contributed by atoms with Crippen molar-refractivity contribution in [1.29, 1.82) is 0 Å². The number of H-pyrrole nitrogens is 1. The first-order chi connectivity index (χ1) is 9.69. The SMILES string of the molecule is CCCC1NC(OC(=O)O)Cc2c1[nH]c1ccccc21. The topological polar surface area (TPSA) is 74.3 Å². The third-order valence-corrected chi connectivity index (χ3v) is 3.79. The van der Waals surface area contributed by atoms with E-state index < -0.39 is 12.4 Å². The zero-order chi connectivity index (χ0) is 14.1. The molecule has 0 saturated carbocycles. The van der Waals surface area contributed by atoms with Crippen molar-refractivity contribution in [3.05, 3.63) is 35.5 Å². The molecule has 3 rings (SSSR count). The van der Waals surface area contributed by atoms with Crippen LogP contribution >= 0.6 is 0 Å². The lowest BCUT2D eigenvalue weighted by molar-refractivity contribution is 0.0263. The van der Waals surface area contributed by atoms with E-state index in [1.54, 1.807) is 0 Å². The maximum atomic E-state index is 10.8. The van der Waals surface area contributed by atoms with Crippen molar-refractivity contribution in [2.45, 2.75) is 38.5 Å². The molecule has 3 N–H and O–H groups in total. The second-order valence-corrected chi connectivity index (χ2v) is 5.15. The minimum atomic E-state index is -1.24. The van der Waals surface area contributed by atoms with Gasteiger partial charge in [-0.1, -0.05) is 31.5 Å². The van der Waals surface area contributed by atoms with Gasteiger partial charge in [-0.2, -0.15) is 0 Å². The summed E-state index contributed by atoms with van der Waals surface area (Å²) in [5.41, 5.74) is 3.43. The molecule has 2 heterocycles. The maximum absolute atomic E-state index is 10.8. The highest BCUT2D eigenvalue weighted by Gasteiger charge is 2.30. The van der Waals surface area contributed by atoms with E-state index in [1.807, 2.05) is 18.2 Å². The van der Waals surface area contributed by atoms with Crippen LogP contribution in [0.15, 0.2) is 24.3 Å². The Labute approximate surface area is 116 Å². The Morgan fingerprint density at radius 2 is 2.25 bits per heavy atom. The van der Waals surface area contributed by atoms with Crippen LogP contribution < -0.4 is 5.32 Å². The van der Waals surface area contributed by atoms with Crippen molar-refractivity contribution in [3.63, 3.8) is 0 Å². The average molecular weight is 274 g/mol. The molecule has 2 atom stereocenters. The van der Waals surface area contributed by atoms with E-state index in [9.17, 15) is 4.79 Å². The van der Waals surface area contributed by atoms with Gasteiger partial charge in [0.05, 0.1) is 6.04 Å². The molecule has 5 nitrogen and oxygen atoms in total. The number of ether oxygens (including phenoxy) is 1. The number of nitrogens with one attached hydrogen (secondary N) is 2. The lowest BCUT2D eigenvalue weighted by atomic mass is 9.95. The molecule has 1 aromatic carbocycles. The minimum Gasteiger partial charge on any atom is -0.450 e. The van der Waals surface area contributed by atoms with E-state index in [-0.39, 0.29) is 6.04 Å². The predicted molar refractivity (Wildman–Crippen MR) is 75.7 cm³/mol. The van der Waals surface area contributed by atoms with Crippen LogP contribution in [0.1, 0.15) is 37.1 Å². The number of fused-ring (bicyclic) bond motifs is 3. The fourth-order valence-electron chi connectivity index (χ4n) is 3.00. The van der Waals surface area contributed by atoms with Gasteiger partial charge in [0, 0.05) is 23.0 Å². The molecule has 0 fully saturated rings. The fraction of sp³-hybridized carbons (Fsp3) is 0.400. The summed E-state index contributed by atoms with van der Waals surface area (Å²) < 4.78 is 4.93. The molecule has 0 bridgehead atoms. The van der Waals surface area contributed by atoms with E-state index in [1.165, 1.54) is 11.3 Å². The lowest BCUT2D eigenvalue weighted by Gasteiger charge is -2.30. The Morgan fingerprint density at radius 3 is 3.00 bits per heavy atom. The van der Waals surface area contributed by atoms with Gasteiger partial charge in [0.25, 0.3) is 0 Å².